The van der Waals surface area contributed by atoms with E-state index in [1.54, 1.807) is 0 Å². The van der Waals surface area contributed by atoms with E-state index in [0.29, 0.717) is 0 Å². The van der Waals surface area contributed by atoms with Crippen molar-refractivity contribution in [3.63, 3.8) is 0 Å². The Labute approximate surface area is 305 Å². The van der Waals surface area contributed by atoms with E-state index < -0.39 is 16.1 Å². The molecule has 0 heterocycles. The zero-order valence-electron chi connectivity index (χ0n) is 31.8. The van der Waals surface area contributed by atoms with Gasteiger partial charge >= 0.3 is 0 Å². The predicted molar refractivity (Wildman–Crippen MR) is 222 cm³/mol. The first-order valence-corrected chi connectivity index (χ1v) is 24.9. The Morgan fingerprint density at radius 2 is 0.600 bits per heavy atom. The van der Waals surface area contributed by atoms with Crippen LogP contribution in [-0.4, -0.2) is 16.1 Å². The van der Waals surface area contributed by atoms with E-state index in [0.717, 1.165) is 70.2 Å². The average Bonchev–Trinajstić information content (AvgIpc) is 3.10. The van der Waals surface area contributed by atoms with Crippen molar-refractivity contribution in [1.29, 1.82) is 0 Å². The molecule has 0 N–H and O–H groups in total. The van der Waals surface area contributed by atoms with Gasteiger partial charge in [0.15, 0.2) is 0 Å². The topological polar surface area (TPSA) is 0 Å². The van der Waals surface area contributed by atoms with Crippen LogP contribution in [0.4, 0.5) is 0 Å². The van der Waals surface area contributed by atoms with Crippen LogP contribution >= 0.6 is 0 Å². The summed E-state index contributed by atoms with van der Waals surface area (Å²) < 4.78 is 0. The third kappa shape index (κ3) is 11.3. The van der Waals surface area contributed by atoms with Gasteiger partial charge < -0.3 is 0 Å². The molecule has 0 unspecified atom stereocenters. The van der Waals surface area contributed by atoms with Crippen molar-refractivity contribution < 1.29 is 0 Å². The van der Waals surface area contributed by atoms with Gasteiger partial charge in [0.05, 0.1) is 0 Å². The Hall–Kier alpha value is -4.89. The second-order valence-electron chi connectivity index (χ2n) is 14.7. The minimum absolute atomic E-state index is 0.893. The number of aryl methyl sites for hydroxylation is 4. The van der Waals surface area contributed by atoms with E-state index in [9.17, 15) is 0 Å². The maximum Gasteiger partial charge on any atom is 0.129 e. The summed E-state index contributed by atoms with van der Waals surface area (Å²) in [7, 11) is -2.84. The molecule has 4 aromatic rings. The molecule has 0 aromatic heterocycles. The first-order chi connectivity index (χ1) is 23.8. The Bertz CT molecular complexity index is 2190. The van der Waals surface area contributed by atoms with E-state index in [-0.39, 0.29) is 0 Å². The summed E-state index contributed by atoms with van der Waals surface area (Å²) in [6.07, 6.45) is 3.66. The van der Waals surface area contributed by atoms with E-state index in [2.05, 4.69) is 198 Å². The minimum atomic E-state index is -1.43. The molecule has 0 fully saturated rings. The Balaban J connectivity index is 1.54. The van der Waals surface area contributed by atoms with Gasteiger partial charge in [-0.25, -0.2) is 0 Å². The molecule has 0 bridgehead atoms. The normalized spacial score (nSPS) is 10.5. The molecule has 2 heteroatoms. The van der Waals surface area contributed by atoms with Crippen LogP contribution in [0.3, 0.4) is 0 Å². The second-order valence-corrected chi connectivity index (χ2v) is 24.2. The summed E-state index contributed by atoms with van der Waals surface area (Å²) in [6.45, 7) is 22.4. The maximum atomic E-state index is 3.50. The zero-order chi connectivity index (χ0) is 36.3. The van der Waals surface area contributed by atoms with Gasteiger partial charge in [0.1, 0.15) is 16.1 Å². The molecule has 0 saturated carbocycles. The fourth-order valence-electron chi connectivity index (χ4n) is 5.28. The lowest BCUT2D eigenvalue weighted by molar-refractivity contribution is 1.13. The highest BCUT2D eigenvalue weighted by Gasteiger charge is 2.09. The molecule has 0 aliphatic carbocycles. The molecule has 0 saturated heterocycles. The van der Waals surface area contributed by atoms with Gasteiger partial charge in [0.25, 0.3) is 0 Å². The van der Waals surface area contributed by atoms with Crippen molar-refractivity contribution in [1.82, 2.24) is 0 Å². The van der Waals surface area contributed by atoms with Crippen molar-refractivity contribution in [2.75, 3.05) is 0 Å². The Kier molecular flexibility index (Phi) is 13.0. The fraction of sp³-hybridized carbons (Fsp3) is 0.292. The van der Waals surface area contributed by atoms with Crippen molar-refractivity contribution in [3.05, 3.63) is 140 Å². The lowest BCUT2D eigenvalue weighted by atomic mass is 9.99. The molecule has 0 radical (unpaired) electrons. The van der Waals surface area contributed by atoms with Gasteiger partial charge in [-0.2, -0.15) is 0 Å². The highest BCUT2D eigenvalue weighted by molar-refractivity contribution is 6.84. The van der Waals surface area contributed by atoms with Gasteiger partial charge in [-0.15, -0.1) is 11.1 Å². The van der Waals surface area contributed by atoms with E-state index in [1.807, 2.05) is 0 Å². The molecular weight excluding hydrogens is 633 g/mol. The molecule has 0 aliphatic rings. The highest BCUT2D eigenvalue weighted by Crippen LogP contribution is 2.17. The monoisotopic (exact) mass is 682 g/mol. The van der Waals surface area contributed by atoms with Crippen LogP contribution in [-0.2, 0) is 25.7 Å². The Morgan fingerprint density at radius 1 is 0.340 bits per heavy atom. The lowest BCUT2D eigenvalue weighted by Gasteiger charge is -2.06. The van der Waals surface area contributed by atoms with Gasteiger partial charge in [-0.3, -0.25) is 0 Å². The van der Waals surface area contributed by atoms with Crippen LogP contribution in [0, 0.1) is 58.5 Å². The smallest absolute Gasteiger partial charge is 0.127 e. The number of benzene rings is 4. The van der Waals surface area contributed by atoms with Crippen LogP contribution < -0.4 is 0 Å². The minimum Gasteiger partial charge on any atom is -0.127 e. The molecule has 0 nitrogen and oxygen atoms in total. The van der Waals surface area contributed by atoms with E-state index in [1.165, 1.54) is 22.3 Å². The third-order valence-electron chi connectivity index (χ3n) is 8.12. The number of rotatable bonds is 4. The quantitative estimate of drug-likeness (QED) is 0.148. The summed E-state index contributed by atoms with van der Waals surface area (Å²) >= 11 is 0. The molecule has 50 heavy (non-hydrogen) atoms. The summed E-state index contributed by atoms with van der Waals surface area (Å²) in [6, 6.07) is 25.6. The zero-order valence-corrected chi connectivity index (χ0v) is 33.8. The Morgan fingerprint density at radius 3 is 0.880 bits per heavy atom. The predicted octanol–water partition coefficient (Wildman–Crippen LogP) is 10.6. The fourth-order valence-corrected chi connectivity index (χ4v) is 6.31. The van der Waals surface area contributed by atoms with Crippen molar-refractivity contribution in [2.45, 2.75) is 92.7 Å². The molecular formula is C48H50Si2. The van der Waals surface area contributed by atoms with Crippen LogP contribution in [0.25, 0.3) is 0 Å². The van der Waals surface area contributed by atoms with Crippen LogP contribution in [0.1, 0.15) is 94.5 Å². The van der Waals surface area contributed by atoms with Gasteiger partial charge in [0, 0.05) is 44.5 Å². The third-order valence-corrected chi connectivity index (χ3v) is 9.87. The van der Waals surface area contributed by atoms with Crippen molar-refractivity contribution in [3.8, 4) is 58.5 Å². The average molecular weight is 683 g/mol. The van der Waals surface area contributed by atoms with Gasteiger partial charge in [-0.1, -0.05) is 114 Å². The number of hydrogen-bond acceptors (Lipinski definition) is 0. The molecule has 4 rings (SSSR count). The van der Waals surface area contributed by atoms with E-state index >= 15 is 0 Å². The van der Waals surface area contributed by atoms with Gasteiger partial charge in [-0.05, 0) is 121 Å². The summed E-state index contributed by atoms with van der Waals surface area (Å²) in [4.78, 5) is 0. The molecule has 0 aliphatic heterocycles. The van der Waals surface area contributed by atoms with Crippen LogP contribution in [0.5, 0.6) is 0 Å². The first kappa shape index (κ1) is 37.9. The summed E-state index contributed by atoms with van der Waals surface area (Å²) in [5.41, 5.74) is 20.3. The summed E-state index contributed by atoms with van der Waals surface area (Å²) in [5, 5.41) is 0. The first-order valence-electron chi connectivity index (χ1n) is 17.9. The van der Waals surface area contributed by atoms with Crippen molar-refractivity contribution in [2.24, 2.45) is 0 Å². The second kappa shape index (κ2) is 17.2. The van der Waals surface area contributed by atoms with Crippen LogP contribution in [0.2, 0.25) is 39.3 Å². The van der Waals surface area contributed by atoms with Crippen molar-refractivity contribution >= 4 is 16.1 Å². The van der Waals surface area contributed by atoms with Gasteiger partial charge in [0.2, 0.25) is 0 Å². The molecule has 0 spiro atoms. The molecule has 0 amide bonds. The van der Waals surface area contributed by atoms with E-state index in [4.69, 9.17) is 0 Å². The molecule has 250 valence electrons. The molecule has 4 aromatic carbocycles. The van der Waals surface area contributed by atoms with Crippen LogP contribution in [0.15, 0.2) is 72.8 Å². The lowest BCUT2D eigenvalue weighted by Crippen LogP contribution is -2.16. The number of hydrogen-bond donors (Lipinski definition) is 0. The highest BCUT2D eigenvalue weighted by atomic mass is 28.3. The summed E-state index contributed by atoms with van der Waals surface area (Å²) in [5.74, 6) is 27.3. The maximum absolute atomic E-state index is 3.50. The largest absolute Gasteiger partial charge is 0.129 e. The SMILES string of the molecule is CCc1cc(C#Cc2ccc(C#C[Si](C)(C)C)cc2CC)ccc1C#Cc1ccc(C#Cc2ccc(C#C[Si](C)(C)C)c(CC)c2)c(CC)c1. The molecule has 0 atom stereocenters. The standard InChI is InChI=1S/C48H50Si2/c1-11-41-34-38(18-26-47-27-21-40(36-43(47)13-3)29-31-49(5,6)7)17-23-45(41)22-15-37-16-24-46(42(12-2)33-37)25-19-39-20-28-48(44(14-4)35-39)30-32-50(8,9)10/h16-17,20-21,23-24,27-28,33-36H,11-14H2,1-10H3.